The second-order valence-corrected chi connectivity index (χ2v) is 5.74. The summed E-state index contributed by atoms with van der Waals surface area (Å²) in [5.41, 5.74) is 2.55. The van der Waals surface area contributed by atoms with Gasteiger partial charge in [0.25, 0.3) is 0 Å². The van der Waals surface area contributed by atoms with Gasteiger partial charge in [-0.25, -0.2) is 0 Å². The second-order valence-electron chi connectivity index (χ2n) is 5.74. The Kier molecular flexibility index (Phi) is 3.45. The van der Waals surface area contributed by atoms with Gasteiger partial charge in [-0.05, 0) is 60.2 Å². The fourth-order valence-corrected chi connectivity index (χ4v) is 2.65. The van der Waals surface area contributed by atoms with Crippen molar-refractivity contribution in [2.24, 2.45) is 5.92 Å². The van der Waals surface area contributed by atoms with Gasteiger partial charge in [0.15, 0.2) is 0 Å². The number of fused-ring (bicyclic) bond motifs is 1. The number of benzene rings is 1. The molecule has 0 spiro atoms. The molecular weight excluding hydrogens is 240 g/mol. The molecule has 0 aromatic heterocycles. The molecule has 0 fully saturated rings. The van der Waals surface area contributed by atoms with E-state index < -0.39 is 11.7 Å². The van der Waals surface area contributed by atoms with Crippen LogP contribution in [0.2, 0.25) is 0 Å². The molecule has 0 radical (unpaired) electrons. The highest BCUT2D eigenvalue weighted by Gasteiger charge is 2.38. The molecule has 1 aromatic carbocycles. The highest BCUT2D eigenvalue weighted by Crippen LogP contribution is 2.42. The van der Waals surface area contributed by atoms with Gasteiger partial charge in [-0.15, -0.1) is 0 Å². The van der Waals surface area contributed by atoms with Crippen molar-refractivity contribution in [3.63, 3.8) is 0 Å². The minimum atomic E-state index is -1.28. The van der Waals surface area contributed by atoms with Gasteiger partial charge >= 0.3 is 0 Å². The summed E-state index contributed by atoms with van der Waals surface area (Å²) in [6, 6.07) is 3.86. The van der Waals surface area contributed by atoms with Crippen LogP contribution in [0, 0.1) is 12.8 Å². The largest absolute Gasteiger partial charge is 0.496 e. The molecule has 0 aliphatic heterocycles. The van der Waals surface area contributed by atoms with E-state index in [0.717, 1.165) is 28.0 Å². The van der Waals surface area contributed by atoms with E-state index in [9.17, 15) is 10.2 Å². The van der Waals surface area contributed by atoms with Gasteiger partial charge in [0.05, 0.1) is 7.11 Å². The Morgan fingerprint density at radius 1 is 1.32 bits per heavy atom. The SMILES string of the molecule is COc1cc2c(cc1C)C(C(C)C)=CC(O)[C@]2(C)O. The van der Waals surface area contributed by atoms with Gasteiger partial charge in [0, 0.05) is 0 Å². The van der Waals surface area contributed by atoms with Gasteiger partial charge < -0.3 is 14.9 Å². The Labute approximate surface area is 114 Å². The average Bonchev–Trinajstić information content (AvgIpc) is 2.33. The fourth-order valence-electron chi connectivity index (χ4n) is 2.65. The minimum absolute atomic E-state index is 0.289. The highest BCUT2D eigenvalue weighted by molar-refractivity contribution is 5.75. The number of ether oxygens (including phenoxy) is 1. The van der Waals surface area contributed by atoms with Crippen LogP contribution in [-0.2, 0) is 5.60 Å². The average molecular weight is 262 g/mol. The molecule has 104 valence electrons. The molecule has 0 saturated carbocycles. The first kappa shape index (κ1) is 14.1. The number of rotatable bonds is 2. The van der Waals surface area contributed by atoms with Crippen molar-refractivity contribution in [3.8, 4) is 5.75 Å². The van der Waals surface area contributed by atoms with Crippen LogP contribution in [0.5, 0.6) is 5.75 Å². The van der Waals surface area contributed by atoms with Crippen molar-refractivity contribution in [1.82, 2.24) is 0 Å². The molecule has 2 atom stereocenters. The molecule has 1 aliphatic carbocycles. The number of aliphatic hydroxyl groups is 2. The molecule has 1 unspecified atom stereocenters. The van der Waals surface area contributed by atoms with Crippen molar-refractivity contribution in [3.05, 3.63) is 34.9 Å². The number of hydrogen-bond donors (Lipinski definition) is 2. The van der Waals surface area contributed by atoms with Crippen LogP contribution in [0.4, 0.5) is 0 Å². The summed E-state index contributed by atoms with van der Waals surface area (Å²) in [5.74, 6) is 1.02. The molecule has 3 heteroatoms. The Bertz CT molecular complexity index is 527. The van der Waals surface area contributed by atoms with Crippen LogP contribution in [0.15, 0.2) is 18.2 Å². The predicted molar refractivity (Wildman–Crippen MR) is 76.1 cm³/mol. The molecule has 1 aliphatic rings. The van der Waals surface area contributed by atoms with E-state index in [-0.39, 0.29) is 5.92 Å². The fraction of sp³-hybridized carbons (Fsp3) is 0.500. The topological polar surface area (TPSA) is 49.7 Å². The van der Waals surface area contributed by atoms with Crippen LogP contribution >= 0.6 is 0 Å². The van der Waals surface area contributed by atoms with E-state index in [1.165, 1.54) is 0 Å². The molecule has 0 saturated heterocycles. The summed E-state index contributed by atoms with van der Waals surface area (Å²) in [4.78, 5) is 0. The maximum atomic E-state index is 10.6. The first-order valence-corrected chi connectivity index (χ1v) is 6.60. The Morgan fingerprint density at radius 3 is 2.47 bits per heavy atom. The number of allylic oxidation sites excluding steroid dienone is 1. The van der Waals surface area contributed by atoms with E-state index in [0.29, 0.717) is 0 Å². The van der Waals surface area contributed by atoms with Gasteiger partial charge in [-0.3, -0.25) is 0 Å². The predicted octanol–water partition coefficient (Wildman–Crippen LogP) is 2.63. The van der Waals surface area contributed by atoms with E-state index in [1.54, 1.807) is 20.1 Å². The number of aliphatic hydroxyl groups excluding tert-OH is 1. The van der Waals surface area contributed by atoms with Crippen LogP contribution < -0.4 is 4.74 Å². The van der Waals surface area contributed by atoms with Crippen molar-refractivity contribution < 1.29 is 14.9 Å². The third-order valence-electron chi connectivity index (χ3n) is 3.93. The number of hydrogen-bond acceptors (Lipinski definition) is 3. The smallest absolute Gasteiger partial charge is 0.122 e. The lowest BCUT2D eigenvalue weighted by Gasteiger charge is -2.36. The monoisotopic (exact) mass is 262 g/mol. The zero-order valence-electron chi connectivity index (χ0n) is 12.2. The Balaban J connectivity index is 2.72. The third kappa shape index (κ3) is 2.17. The molecule has 2 N–H and O–H groups in total. The van der Waals surface area contributed by atoms with E-state index in [4.69, 9.17) is 4.74 Å². The van der Waals surface area contributed by atoms with Crippen molar-refractivity contribution in [1.29, 1.82) is 0 Å². The zero-order chi connectivity index (χ0) is 14.4. The van der Waals surface area contributed by atoms with Crippen molar-refractivity contribution >= 4 is 5.57 Å². The maximum Gasteiger partial charge on any atom is 0.122 e. The lowest BCUT2D eigenvalue weighted by Crippen LogP contribution is -2.39. The molecule has 0 bridgehead atoms. The second kappa shape index (κ2) is 4.66. The summed E-state index contributed by atoms with van der Waals surface area (Å²) < 4.78 is 5.32. The molecule has 3 nitrogen and oxygen atoms in total. The molecular formula is C16H22O3. The first-order chi connectivity index (χ1) is 8.78. The van der Waals surface area contributed by atoms with Crippen LogP contribution in [0.25, 0.3) is 5.57 Å². The Morgan fingerprint density at radius 2 is 1.95 bits per heavy atom. The van der Waals surface area contributed by atoms with E-state index >= 15 is 0 Å². The number of aryl methyl sites for hydroxylation is 1. The van der Waals surface area contributed by atoms with Crippen molar-refractivity contribution in [2.45, 2.75) is 39.4 Å². The first-order valence-electron chi connectivity index (χ1n) is 6.60. The maximum absolute atomic E-state index is 10.6. The third-order valence-corrected chi connectivity index (χ3v) is 3.93. The summed E-state index contributed by atoms with van der Waals surface area (Å²) in [5, 5.41) is 20.7. The van der Waals surface area contributed by atoms with Crippen molar-refractivity contribution in [2.75, 3.05) is 7.11 Å². The molecule has 2 rings (SSSR count). The van der Waals surface area contributed by atoms with Gasteiger partial charge in [0.1, 0.15) is 17.5 Å². The Hall–Kier alpha value is -1.32. The lowest BCUT2D eigenvalue weighted by molar-refractivity contribution is -0.0444. The molecule has 19 heavy (non-hydrogen) atoms. The quantitative estimate of drug-likeness (QED) is 0.861. The lowest BCUT2D eigenvalue weighted by atomic mass is 9.75. The van der Waals surface area contributed by atoms with Crippen LogP contribution in [0.1, 0.15) is 37.5 Å². The normalized spacial score (nSPS) is 26.1. The van der Waals surface area contributed by atoms with Gasteiger partial charge in [0.2, 0.25) is 0 Å². The van der Waals surface area contributed by atoms with E-state index in [1.807, 2.05) is 19.1 Å². The van der Waals surface area contributed by atoms with Crippen LogP contribution in [-0.4, -0.2) is 23.4 Å². The number of methoxy groups -OCH3 is 1. The minimum Gasteiger partial charge on any atom is -0.496 e. The summed E-state index contributed by atoms with van der Waals surface area (Å²) in [6.07, 6.45) is 0.864. The van der Waals surface area contributed by atoms with Crippen LogP contribution in [0.3, 0.4) is 0 Å². The molecule has 0 amide bonds. The van der Waals surface area contributed by atoms with Gasteiger partial charge in [-0.2, -0.15) is 0 Å². The standard InChI is InChI=1S/C16H22O3/c1-9(2)11-7-15(17)16(4,18)13-8-14(19-5)10(3)6-12(11)13/h6-9,15,17-18H,1-5H3/t15?,16-/m1/s1. The molecule has 1 aromatic rings. The summed E-state index contributed by atoms with van der Waals surface area (Å²) in [6.45, 7) is 7.79. The highest BCUT2D eigenvalue weighted by atomic mass is 16.5. The molecule has 0 heterocycles. The van der Waals surface area contributed by atoms with E-state index in [2.05, 4.69) is 13.8 Å². The summed E-state index contributed by atoms with van der Waals surface area (Å²) >= 11 is 0. The van der Waals surface area contributed by atoms with Gasteiger partial charge in [-0.1, -0.05) is 13.8 Å². The zero-order valence-corrected chi connectivity index (χ0v) is 12.2. The summed E-state index contributed by atoms with van der Waals surface area (Å²) in [7, 11) is 1.61.